The predicted molar refractivity (Wildman–Crippen MR) is 97.1 cm³/mol. The average molecular weight is 287 g/mol. The van der Waals surface area contributed by atoms with E-state index in [1.807, 2.05) is 0 Å². The maximum atomic E-state index is 2.51. The first-order valence-corrected chi connectivity index (χ1v) is 7.96. The van der Waals surface area contributed by atoms with E-state index in [9.17, 15) is 0 Å². The predicted octanol–water partition coefficient (Wildman–Crippen LogP) is 4.05. The molecule has 3 rings (SSSR count). The molecular formula is C20H22BN. The van der Waals surface area contributed by atoms with Crippen LogP contribution >= 0.6 is 0 Å². The van der Waals surface area contributed by atoms with Crippen LogP contribution in [0.1, 0.15) is 25.0 Å². The molecule has 0 fully saturated rings. The summed E-state index contributed by atoms with van der Waals surface area (Å²) < 4.78 is 0. The second kappa shape index (κ2) is 6.27. The Labute approximate surface area is 134 Å². The van der Waals surface area contributed by atoms with Gasteiger partial charge < -0.3 is 4.81 Å². The molecular weight excluding hydrogens is 265 g/mol. The molecule has 22 heavy (non-hydrogen) atoms. The molecule has 0 N–H and O–H groups in total. The molecule has 110 valence electrons. The van der Waals surface area contributed by atoms with Gasteiger partial charge in [-0.15, -0.1) is 0 Å². The molecule has 2 heteroatoms. The van der Waals surface area contributed by atoms with Gasteiger partial charge in [-0.05, 0) is 37.9 Å². The highest BCUT2D eigenvalue weighted by Crippen LogP contribution is 2.26. The standard InChI is InChI=1S/C20H22BN/c1-16(2)22-20(18-11-5-4-6-12-18)14-9-15-21(22)19-13-8-7-10-17(19)3/h4-16H,1-3H3. The number of nitrogens with zero attached hydrogens (tertiary/aromatic N) is 1. The molecule has 0 atom stereocenters. The highest BCUT2D eigenvalue weighted by atomic mass is 15.1. The summed E-state index contributed by atoms with van der Waals surface area (Å²) in [5, 5.41) is 0. The molecule has 0 saturated carbocycles. The van der Waals surface area contributed by atoms with Gasteiger partial charge in [-0.1, -0.05) is 72.2 Å². The van der Waals surface area contributed by atoms with Gasteiger partial charge in [0.15, 0.2) is 0 Å². The zero-order valence-electron chi connectivity index (χ0n) is 13.5. The minimum atomic E-state index is 0.293. The fourth-order valence-corrected chi connectivity index (χ4v) is 3.21. The van der Waals surface area contributed by atoms with Crippen molar-refractivity contribution in [3.05, 3.63) is 83.9 Å². The fourth-order valence-electron chi connectivity index (χ4n) is 3.21. The molecule has 0 bridgehead atoms. The first-order chi connectivity index (χ1) is 10.7. The van der Waals surface area contributed by atoms with Gasteiger partial charge in [-0.25, -0.2) is 0 Å². The SMILES string of the molecule is Cc1ccccc1B1C=CC=C(c2ccccc2)N1C(C)C. The summed E-state index contributed by atoms with van der Waals surface area (Å²) in [7, 11) is 0. The molecule has 0 spiro atoms. The molecule has 1 nitrogen and oxygen atoms in total. The van der Waals surface area contributed by atoms with E-state index in [1.165, 1.54) is 22.3 Å². The average Bonchev–Trinajstić information content (AvgIpc) is 2.55. The minimum absolute atomic E-state index is 0.293. The van der Waals surface area contributed by atoms with Crippen molar-refractivity contribution in [2.24, 2.45) is 0 Å². The lowest BCUT2D eigenvalue weighted by molar-refractivity contribution is 0.499. The Hall–Kier alpha value is -2.22. The van der Waals surface area contributed by atoms with Gasteiger partial charge in [0.1, 0.15) is 0 Å². The Bertz CT molecular complexity index is 701. The molecule has 0 amide bonds. The van der Waals surface area contributed by atoms with Crippen LogP contribution in [0.25, 0.3) is 5.70 Å². The summed E-state index contributed by atoms with van der Waals surface area (Å²) in [5.41, 5.74) is 5.30. The Morgan fingerprint density at radius 2 is 1.59 bits per heavy atom. The van der Waals surface area contributed by atoms with Crippen LogP contribution in [-0.4, -0.2) is 17.7 Å². The van der Waals surface area contributed by atoms with Gasteiger partial charge >= 0.3 is 6.85 Å². The van der Waals surface area contributed by atoms with Gasteiger partial charge in [0.25, 0.3) is 0 Å². The van der Waals surface area contributed by atoms with Gasteiger partial charge in [-0.2, -0.15) is 0 Å². The Morgan fingerprint density at radius 1 is 0.909 bits per heavy atom. The number of hydrogen-bond donors (Lipinski definition) is 0. The number of aryl methyl sites for hydroxylation is 1. The third-order valence-electron chi connectivity index (χ3n) is 4.26. The van der Waals surface area contributed by atoms with Gasteiger partial charge in [-0.3, -0.25) is 0 Å². The second-order valence-electron chi connectivity index (χ2n) is 6.11. The smallest absolute Gasteiger partial charge is 0.316 e. The van der Waals surface area contributed by atoms with Crippen LogP contribution in [-0.2, 0) is 0 Å². The summed E-state index contributed by atoms with van der Waals surface area (Å²) in [6.07, 6.45) is 4.42. The van der Waals surface area contributed by atoms with Crippen LogP contribution in [0, 0.1) is 6.92 Å². The summed E-state index contributed by atoms with van der Waals surface area (Å²) >= 11 is 0. The lowest BCUT2D eigenvalue weighted by atomic mass is 9.51. The van der Waals surface area contributed by atoms with Gasteiger partial charge in [0, 0.05) is 11.7 Å². The molecule has 0 unspecified atom stereocenters. The maximum Gasteiger partial charge on any atom is 0.316 e. The number of hydrogen-bond acceptors (Lipinski definition) is 1. The number of allylic oxidation sites excluding steroid dienone is 2. The van der Waals surface area contributed by atoms with Crippen LogP contribution in [0.4, 0.5) is 0 Å². The summed E-state index contributed by atoms with van der Waals surface area (Å²) in [5.74, 6) is 2.30. The summed E-state index contributed by atoms with van der Waals surface area (Å²) in [6, 6.07) is 19.8. The zero-order chi connectivity index (χ0) is 15.5. The van der Waals surface area contributed by atoms with Crippen molar-refractivity contribution >= 4 is 18.0 Å². The van der Waals surface area contributed by atoms with Crippen LogP contribution in [0.5, 0.6) is 0 Å². The molecule has 0 radical (unpaired) electrons. The monoisotopic (exact) mass is 287 g/mol. The van der Waals surface area contributed by atoms with E-state index < -0.39 is 0 Å². The van der Waals surface area contributed by atoms with E-state index in [-0.39, 0.29) is 0 Å². The number of benzene rings is 2. The van der Waals surface area contributed by atoms with Crippen LogP contribution in [0.15, 0.2) is 72.7 Å². The molecule has 2 aromatic rings. The lowest BCUT2D eigenvalue weighted by Gasteiger charge is -2.38. The molecule has 1 heterocycles. The Morgan fingerprint density at radius 3 is 2.27 bits per heavy atom. The van der Waals surface area contributed by atoms with E-state index in [2.05, 4.69) is 98.3 Å². The molecule has 2 aromatic carbocycles. The van der Waals surface area contributed by atoms with Crippen molar-refractivity contribution in [2.75, 3.05) is 0 Å². The van der Waals surface area contributed by atoms with Crippen molar-refractivity contribution in [2.45, 2.75) is 26.8 Å². The normalized spacial score (nSPS) is 14.5. The molecule has 1 aliphatic rings. The van der Waals surface area contributed by atoms with E-state index in [1.54, 1.807) is 0 Å². The summed E-state index contributed by atoms with van der Waals surface area (Å²) in [6.45, 7) is 7.02. The summed E-state index contributed by atoms with van der Waals surface area (Å²) in [4.78, 5) is 2.51. The minimum Gasteiger partial charge on any atom is -0.405 e. The molecule has 0 aliphatic carbocycles. The van der Waals surface area contributed by atoms with E-state index >= 15 is 0 Å². The van der Waals surface area contributed by atoms with E-state index in [0.717, 1.165) is 0 Å². The quantitative estimate of drug-likeness (QED) is 0.770. The largest absolute Gasteiger partial charge is 0.405 e. The zero-order valence-corrected chi connectivity index (χ0v) is 13.5. The first-order valence-electron chi connectivity index (χ1n) is 7.96. The first kappa shape index (κ1) is 14.7. The van der Waals surface area contributed by atoms with Crippen molar-refractivity contribution in [1.82, 2.24) is 4.81 Å². The van der Waals surface area contributed by atoms with Crippen molar-refractivity contribution in [1.29, 1.82) is 0 Å². The van der Waals surface area contributed by atoms with Crippen molar-refractivity contribution < 1.29 is 0 Å². The third kappa shape index (κ3) is 2.74. The second-order valence-corrected chi connectivity index (χ2v) is 6.11. The number of rotatable bonds is 3. The van der Waals surface area contributed by atoms with Crippen molar-refractivity contribution in [3.8, 4) is 0 Å². The van der Waals surface area contributed by atoms with Crippen LogP contribution < -0.4 is 5.46 Å². The highest BCUT2D eigenvalue weighted by Gasteiger charge is 2.30. The maximum absolute atomic E-state index is 2.51. The van der Waals surface area contributed by atoms with Gasteiger partial charge in [0.2, 0.25) is 0 Å². The Balaban J connectivity index is 2.05. The van der Waals surface area contributed by atoms with E-state index in [0.29, 0.717) is 12.9 Å². The lowest BCUT2D eigenvalue weighted by Crippen LogP contribution is -2.51. The van der Waals surface area contributed by atoms with E-state index in [4.69, 9.17) is 0 Å². The fraction of sp³-hybridized carbons (Fsp3) is 0.200. The van der Waals surface area contributed by atoms with Crippen LogP contribution in [0.2, 0.25) is 0 Å². The highest BCUT2D eigenvalue weighted by molar-refractivity contribution is 6.77. The Kier molecular flexibility index (Phi) is 4.19. The van der Waals surface area contributed by atoms with Crippen molar-refractivity contribution in [3.63, 3.8) is 0 Å². The molecule has 0 aromatic heterocycles. The van der Waals surface area contributed by atoms with Gasteiger partial charge in [0.05, 0.1) is 0 Å². The topological polar surface area (TPSA) is 3.24 Å². The van der Waals surface area contributed by atoms with Crippen LogP contribution in [0.3, 0.4) is 0 Å². The molecule has 0 saturated heterocycles. The molecule has 1 aliphatic heterocycles. The third-order valence-corrected chi connectivity index (χ3v) is 4.26.